The molecule has 2 aliphatic heterocycles. The molecule has 0 radical (unpaired) electrons. The lowest BCUT2D eigenvalue weighted by molar-refractivity contribution is 0.0424. The molecule has 0 saturated carbocycles. The summed E-state index contributed by atoms with van der Waals surface area (Å²) in [5.41, 5.74) is 0.0458. The van der Waals surface area contributed by atoms with Crippen molar-refractivity contribution in [3.63, 3.8) is 0 Å². The van der Waals surface area contributed by atoms with E-state index in [9.17, 15) is 4.79 Å². The average molecular weight is 238 g/mol. The van der Waals surface area contributed by atoms with Crippen molar-refractivity contribution in [2.45, 2.75) is 18.4 Å². The minimum absolute atomic E-state index is 0.112. The number of piperidine rings is 1. The smallest absolute Gasteiger partial charge is 0.210 e. The molecule has 3 rings (SSSR count). The number of carbonyl (C=O) groups is 1. The first-order valence-electron chi connectivity index (χ1n) is 5.45. The molecule has 1 spiro atoms. The topological polar surface area (TPSA) is 38.3 Å². The molecule has 16 heavy (non-hydrogen) atoms. The van der Waals surface area contributed by atoms with E-state index in [0.717, 1.165) is 25.9 Å². The van der Waals surface area contributed by atoms with Crippen LogP contribution in [0.25, 0.3) is 0 Å². The highest BCUT2D eigenvalue weighted by Gasteiger charge is 2.48. The minimum atomic E-state index is -0.627. The second-order valence-corrected chi connectivity index (χ2v) is 4.75. The van der Waals surface area contributed by atoms with Crippen molar-refractivity contribution in [2.24, 2.45) is 0 Å². The second-order valence-electron chi connectivity index (χ2n) is 4.32. The third-order valence-corrected chi connectivity index (χ3v) is 3.55. The van der Waals surface area contributed by atoms with E-state index in [0.29, 0.717) is 16.3 Å². The maximum Gasteiger partial charge on any atom is 0.210 e. The molecular formula is C12H12ClNO2. The summed E-state index contributed by atoms with van der Waals surface area (Å²) >= 11 is 5.89. The number of hydrogen-bond acceptors (Lipinski definition) is 3. The summed E-state index contributed by atoms with van der Waals surface area (Å²) in [5.74, 6) is 0.750. The van der Waals surface area contributed by atoms with Gasteiger partial charge in [0.15, 0.2) is 5.60 Å². The van der Waals surface area contributed by atoms with Gasteiger partial charge in [-0.05, 0) is 31.3 Å². The summed E-state index contributed by atoms with van der Waals surface area (Å²) in [6.45, 7) is 1.65. The van der Waals surface area contributed by atoms with Crippen LogP contribution in [0, 0.1) is 0 Å². The van der Waals surface area contributed by atoms with Gasteiger partial charge in [0.1, 0.15) is 5.75 Å². The number of nitrogens with one attached hydrogen (secondary N) is 1. The van der Waals surface area contributed by atoms with E-state index < -0.39 is 5.60 Å². The maximum atomic E-state index is 12.3. The average Bonchev–Trinajstić information content (AvgIpc) is 2.53. The van der Waals surface area contributed by atoms with Crippen molar-refractivity contribution in [3.8, 4) is 5.75 Å². The fraction of sp³-hybridized carbons (Fsp3) is 0.417. The molecule has 0 aliphatic carbocycles. The van der Waals surface area contributed by atoms with Crippen LogP contribution in [0.15, 0.2) is 18.2 Å². The molecule has 1 saturated heterocycles. The van der Waals surface area contributed by atoms with Gasteiger partial charge in [-0.1, -0.05) is 11.6 Å². The van der Waals surface area contributed by atoms with E-state index >= 15 is 0 Å². The summed E-state index contributed by atoms with van der Waals surface area (Å²) in [6.07, 6.45) is 1.47. The van der Waals surface area contributed by atoms with Gasteiger partial charge in [-0.3, -0.25) is 4.79 Å². The Hall–Kier alpha value is -1.06. The van der Waals surface area contributed by atoms with E-state index in [1.165, 1.54) is 0 Å². The van der Waals surface area contributed by atoms with E-state index in [1.54, 1.807) is 18.2 Å². The third-order valence-electron chi connectivity index (χ3n) is 3.32. The van der Waals surface area contributed by atoms with Crippen LogP contribution in [0.1, 0.15) is 23.2 Å². The highest BCUT2D eigenvalue weighted by atomic mass is 35.5. The highest BCUT2D eigenvalue weighted by molar-refractivity contribution is 6.31. The number of Topliss-reactive ketones (excluding diaryl/α,β-unsaturated/α-hetero) is 1. The van der Waals surface area contributed by atoms with Crippen molar-refractivity contribution in [2.75, 3.05) is 13.1 Å². The van der Waals surface area contributed by atoms with Crippen LogP contribution >= 0.6 is 11.6 Å². The number of rotatable bonds is 0. The van der Waals surface area contributed by atoms with Crippen LogP contribution in [-0.4, -0.2) is 24.5 Å². The fourth-order valence-corrected chi connectivity index (χ4v) is 2.59. The van der Waals surface area contributed by atoms with E-state index in [2.05, 4.69) is 5.32 Å². The van der Waals surface area contributed by atoms with Gasteiger partial charge in [-0.2, -0.15) is 0 Å². The fourth-order valence-electron chi connectivity index (χ4n) is 2.43. The molecule has 1 aromatic rings. The van der Waals surface area contributed by atoms with E-state index in [-0.39, 0.29) is 5.78 Å². The lowest BCUT2D eigenvalue weighted by Crippen LogP contribution is -2.49. The van der Waals surface area contributed by atoms with Crippen LogP contribution in [0.2, 0.25) is 5.02 Å². The van der Waals surface area contributed by atoms with E-state index in [1.807, 2.05) is 0 Å². The van der Waals surface area contributed by atoms with Gasteiger partial charge in [-0.25, -0.2) is 0 Å². The molecule has 0 aromatic heterocycles. The summed E-state index contributed by atoms with van der Waals surface area (Å²) in [5, 5.41) is 3.85. The van der Waals surface area contributed by atoms with Gasteiger partial charge in [0.05, 0.1) is 5.56 Å². The Morgan fingerprint density at radius 1 is 1.31 bits per heavy atom. The highest BCUT2D eigenvalue weighted by Crippen LogP contribution is 2.40. The van der Waals surface area contributed by atoms with Crippen LogP contribution in [0.5, 0.6) is 5.75 Å². The predicted octanol–water partition coefficient (Wildman–Crippen LogP) is 2.04. The van der Waals surface area contributed by atoms with Crippen LogP contribution in [0.4, 0.5) is 0 Å². The molecule has 0 atom stereocenters. The Kier molecular flexibility index (Phi) is 2.19. The Labute approximate surface area is 98.7 Å². The van der Waals surface area contributed by atoms with Gasteiger partial charge < -0.3 is 10.1 Å². The molecule has 0 unspecified atom stereocenters. The number of ketones is 1. The zero-order valence-electron chi connectivity index (χ0n) is 8.75. The standard InChI is InChI=1S/C12H12ClNO2/c13-8-1-2-9-10(7-8)16-12(11(9)15)3-5-14-6-4-12/h1-2,7,14H,3-6H2. The quantitative estimate of drug-likeness (QED) is 0.751. The van der Waals surface area contributed by atoms with Crippen molar-refractivity contribution < 1.29 is 9.53 Å². The first kappa shape index (κ1) is 10.1. The summed E-state index contributed by atoms with van der Waals surface area (Å²) in [7, 11) is 0. The normalized spacial score (nSPS) is 21.9. The summed E-state index contributed by atoms with van der Waals surface area (Å²) < 4.78 is 5.85. The van der Waals surface area contributed by atoms with Crippen molar-refractivity contribution in [1.29, 1.82) is 0 Å². The summed E-state index contributed by atoms with van der Waals surface area (Å²) in [4.78, 5) is 12.3. The first-order chi connectivity index (χ1) is 7.71. The number of ether oxygens (including phenoxy) is 1. The molecule has 2 aliphatic rings. The van der Waals surface area contributed by atoms with E-state index in [4.69, 9.17) is 16.3 Å². The molecule has 2 heterocycles. The molecule has 1 fully saturated rings. The van der Waals surface area contributed by atoms with Gasteiger partial charge >= 0.3 is 0 Å². The minimum Gasteiger partial charge on any atom is -0.478 e. The molecule has 3 nitrogen and oxygen atoms in total. The van der Waals surface area contributed by atoms with Crippen molar-refractivity contribution in [3.05, 3.63) is 28.8 Å². The van der Waals surface area contributed by atoms with Crippen LogP contribution in [-0.2, 0) is 0 Å². The molecule has 4 heteroatoms. The Morgan fingerprint density at radius 3 is 2.81 bits per heavy atom. The maximum absolute atomic E-state index is 12.3. The largest absolute Gasteiger partial charge is 0.478 e. The van der Waals surface area contributed by atoms with Crippen LogP contribution < -0.4 is 10.1 Å². The van der Waals surface area contributed by atoms with Crippen LogP contribution in [0.3, 0.4) is 0 Å². The molecule has 1 aromatic carbocycles. The number of hydrogen-bond donors (Lipinski definition) is 1. The van der Waals surface area contributed by atoms with Crippen molar-refractivity contribution in [1.82, 2.24) is 5.32 Å². The molecule has 84 valence electrons. The lowest BCUT2D eigenvalue weighted by atomic mass is 9.87. The first-order valence-corrected chi connectivity index (χ1v) is 5.83. The van der Waals surface area contributed by atoms with Gasteiger partial charge in [0, 0.05) is 17.9 Å². The van der Waals surface area contributed by atoms with Gasteiger partial charge in [0.2, 0.25) is 5.78 Å². The van der Waals surface area contributed by atoms with Gasteiger partial charge in [-0.15, -0.1) is 0 Å². The third kappa shape index (κ3) is 1.35. The van der Waals surface area contributed by atoms with Gasteiger partial charge in [0.25, 0.3) is 0 Å². The predicted molar refractivity (Wildman–Crippen MR) is 61.2 cm³/mol. The Balaban J connectivity index is 2.02. The number of benzene rings is 1. The monoisotopic (exact) mass is 237 g/mol. The summed E-state index contributed by atoms with van der Waals surface area (Å²) in [6, 6.07) is 5.23. The second kappa shape index (κ2) is 3.47. The number of carbonyl (C=O) groups excluding carboxylic acids is 1. The van der Waals surface area contributed by atoms with Crippen molar-refractivity contribution >= 4 is 17.4 Å². The Morgan fingerprint density at radius 2 is 2.06 bits per heavy atom. The number of halogens is 1. The SMILES string of the molecule is O=C1c2ccc(Cl)cc2OC12CCNCC2. The lowest BCUT2D eigenvalue weighted by Gasteiger charge is -2.31. The number of fused-ring (bicyclic) bond motifs is 1. The Bertz CT molecular complexity index is 452. The molecule has 0 bridgehead atoms. The zero-order chi connectivity index (χ0) is 11.2. The zero-order valence-corrected chi connectivity index (χ0v) is 9.51. The molecular weight excluding hydrogens is 226 g/mol. The molecule has 1 N–H and O–H groups in total. The molecule has 0 amide bonds.